The van der Waals surface area contributed by atoms with E-state index >= 15 is 0 Å². The molecule has 36 heavy (non-hydrogen) atoms. The van der Waals surface area contributed by atoms with E-state index in [1.165, 1.54) is 6.21 Å². The van der Waals surface area contributed by atoms with Gasteiger partial charge in [-0.2, -0.15) is 0 Å². The maximum Gasteiger partial charge on any atom is 0.189 e. The van der Waals surface area contributed by atoms with Gasteiger partial charge in [0.05, 0.1) is 13.2 Å². The van der Waals surface area contributed by atoms with Gasteiger partial charge in [-0.3, -0.25) is 20.7 Å². The third kappa shape index (κ3) is 9.09. The second-order valence-corrected chi connectivity index (χ2v) is 8.29. The molecular formula is C27H35N7O2. The van der Waals surface area contributed by atoms with Crippen LogP contribution in [0.25, 0.3) is 0 Å². The first-order valence-electron chi connectivity index (χ1n) is 12.1. The number of aliphatic imine (C=N–C) groups is 1. The van der Waals surface area contributed by atoms with E-state index in [1.54, 1.807) is 6.20 Å². The standard InChI is InChI=1S/C27H35N7O2/c28-18-24(20-32-12-13-34-14-16-35-17-15-34)26-2-1-10-31-19-23(26)9-11-33-25-6-3-22(4-7-25)5-8-27(30)36-21-29/h1,3-4,6-7,9-11,18-21,28-30,32-33H,2,5,8,12-17H2/b11-9+,24-20+,28-18?,29-21?,30-27?. The van der Waals surface area contributed by atoms with Crippen molar-refractivity contribution in [1.82, 2.24) is 10.2 Å². The van der Waals surface area contributed by atoms with Gasteiger partial charge in [0.2, 0.25) is 0 Å². The maximum absolute atomic E-state index is 7.97. The highest BCUT2D eigenvalue weighted by Crippen LogP contribution is 2.20. The SMILES string of the molecule is N=COC(=N)CCc1ccc(N/C=C/C2=C(C(/C=N)=C/NCCN3CCOCC3)CC=CN=C2)cc1. The largest absolute Gasteiger partial charge is 0.433 e. The van der Waals surface area contributed by atoms with Crippen molar-refractivity contribution in [3.63, 3.8) is 0 Å². The molecule has 0 radical (unpaired) electrons. The lowest BCUT2D eigenvalue weighted by atomic mass is 9.98. The zero-order valence-corrected chi connectivity index (χ0v) is 20.5. The predicted molar refractivity (Wildman–Crippen MR) is 147 cm³/mol. The molecule has 9 heteroatoms. The summed E-state index contributed by atoms with van der Waals surface area (Å²) in [6, 6.07) is 7.99. The lowest BCUT2D eigenvalue weighted by molar-refractivity contribution is 0.0388. The van der Waals surface area contributed by atoms with Gasteiger partial charge in [0, 0.05) is 74.9 Å². The summed E-state index contributed by atoms with van der Waals surface area (Å²) in [6.45, 7) is 5.27. The van der Waals surface area contributed by atoms with Gasteiger partial charge < -0.3 is 25.5 Å². The molecule has 2 aliphatic heterocycles. The second-order valence-electron chi connectivity index (χ2n) is 8.29. The lowest BCUT2D eigenvalue weighted by Gasteiger charge is -2.26. The van der Waals surface area contributed by atoms with Crippen molar-refractivity contribution in [2.24, 2.45) is 4.99 Å². The van der Waals surface area contributed by atoms with Crippen LogP contribution < -0.4 is 10.6 Å². The highest BCUT2D eigenvalue weighted by atomic mass is 16.5. The quantitative estimate of drug-likeness (QED) is 0.163. The van der Waals surface area contributed by atoms with Crippen LogP contribution in [0.4, 0.5) is 5.69 Å². The van der Waals surface area contributed by atoms with E-state index in [2.05, 4.69) is 20.5 Å². The van der Waals surface area contributed by atoms with Crippen LogP contribution in [0.1, 0.15) is 18.4 Å². The van der Waals surface area contributed by atoms with Crippen LogP contribution in [0.3, 0.4) is 0 Å². The van der Waals surface area contributed by atoms with Gasteiger partial charge in [0.15, 0.2) is 12.3 Å². The minimum atomic E-state index is 0.0874. The van der Waals surface area contributed by atoms with Gasteiger partial charge in [-0.05, 0) is 47.8 Å². The molecule has 9 nitrogen and oxygen atoms in total. The lowest BCUT2D eigenvalue weighted by Crippen LogP contribution is -2.39. The topological polar surface area (TPSA) is 130 Å². The number of nitrogens with zero attached hydrogens (tertiary/aromatic N) is 2. The van der Waals surface area contributed by atoms with Crippen LogP contribution in [0.15, 0.2) is 76.7 Å². The summed E-state index contributed by atoms with van der Waals surface area (Å²) in [7, 11) is 0. The number of ether oxygens (including phenoxy) is 2. The molecule has 2 aliphatic rings. The summed E-state index contributed by atoms with van der Waals surface area (Å²) in [6.07, 6.45) is 15.4. The van der Waals surface area contributed by atoms with Crippen molar-refractivity contribution in [2.75, 3.05) is 44.7 Å². The number of rotatable bonds is 13. The molecule has 1 aromatic rings. The summed E-state index contributed by atoms with van der Waals surface area (Å²) in [5.41, 5.74) is 4.84. The Bertz CT molecular complexity index is 1030. The first-order valence-corrected chi connectivity index (χ1v) is 12.1. The van der Waals surface area contributed by atoms with Gasteiger partial charge in [-0.1, -0.05) is 18.2 Å². The van der Waals surface area contributed by atoms with Crippen molar-refractivity contribution in [3.05, 3.63) is 77.3 Å². The van der Waals surface area contributed by atoms with Crippen molar-refractivity contribution in [3.8, 4) is 0 Å². The number of anilines is 1. The highest BCUT2D eigenvalue weighted by molar-refractivity contribution is 5.92. The molecule has 1 saturated heterocycles. The Kier molecular flexibility index (Phi) is 11.3. The van der Waals surface area contributed by atoms with E-state index in [0.29, 0.717) is 19.3 Å². The van der Waals surface area contributed by atoms with Crippen LogP contribution in [0.5, 0.6) is 0 Å². The first kappa shape index (κ1) is 26.8. The Morgan fingerprint density at radius 2 is 1.97 bits per heavy atom. The van der Waals surface area contributed by atoms with Gasteiger partial charge in [-0.15, -0.1) is 0 Å². The number of aryl methyl sites for hydroxylation is 1. The third-order valence-electron chi connectivity index (χ3n) is 5.82. The molecule has 0 spiro atoms. The molecule has 0 unspecified atom stereocenters. The Morgan fingerprint density at radius 1 is 1.17 bits per heavy atom. The van der Waals surface area contributed by atoms with E-state index < -0.39 is 0 Å². The fraction of sp³-hybridized carbons (Fsp3) is 0.333. The molecule has 0 aliphatic carbocycles. The van der Waals surface area contributed by atoms with Crippen molar-refractivity contribution >= 4 is 30.4 Å². The number of benzene rings is 1. The first-order chi connectivity index (χ1) is 17.7. The zero-order chi connectivity index (χ0) is 25.4. The molecule has 0 aromatic heterocycles. The smallest absolute Gasteiger partial charge is 0.189 e. The average Bonchev–Trinajstić information content (AvgIpc) is 3.15. The summed E-state index contributed by atoms with van der Waals surface area (Å²) in [4.78, 5) is 6.71. The molecule has 1 aromatic carbocycles. The molecule has 0 atom stereocenters. The van der Waals surface area contributed by atoms with Gasteiger partial charge in [0.1, 0.15) is 0 Å². The minimum absolute atomic E-state index is 0.0874. The third-order valence-corrected chi connectivity index (χ3v) is 5.82. The van der Waals surface area contributed by atoms with Crippen molar-refractivity contribution in [2.45, 2.75) is 19.3 Å². The van der Waals surface area contributed by atoms with Crippen LogP contribution in [-0.2, 0) is 15.9 Å². The van der Waals surface area contributed by atoms with Crippen molar-refractivity contribution < 1.29 is 9.47 Å². The normalized spacial score (nSPS) is 16.6. The summed E-state index contributed by atoms with van der Waals surface area (Å²) >= 11 is 0. The number of hydrogen-bond acceptors (Lipinski definition) is 9. The molecule has 0 saturated carbocycles. The number of nitrogens with one attached hydrogen (secondary N) is 5. The second kappa shape index (κ2) is 15.2. The van der Waals surface area contributed by atoms with Gasteiger partial charge >= 0.3 is 0 Å². The van der Waals surface area contributed by atoms with E-state index in [9.17, 15) is 0 Å². The Hall–Kier alpha value is -3.82. The zero-order valence-electron chi connectivity index (χ0n) is 20.5. The summed E-state index contributed by atoms with van der Waals surface area (Å²) in [5.74, 6) is 0.0874. The van der Waals surface area contributed by atoms with E-state index in [0.717, 1.165) is 73.8 Å². The average molecular weight is 490 g/mol. The number of hydrogen-bond donors (Lipinski definition) is 5. The van der Waals surface area contributed by atoms with Gasteiger partial charge in [0.25, 0.3) is 0 Å². The maximum atomic E-state index is 7.97. The van der Waals surface area contributed by atoms with E-state index in [4.69, 9.17) is 25.7 Å². The minimum Gasteiger partial charge on any atom is -0.433 e. The molecule has 0 bridgehead atoms. The molecule has 3 rings (SSSR count). The predicted octanol–water partition coefficient (Wildman–Crippen LogP) is 3.89. The van der Waals surface area contributed by atoms with Crippen LogP contribution >= 0.6 is 0 Å². The molecule has 0 amide bonds. The van der Waals surface area contributed by atoms with E-state index in [1.807, 2.05) is 55.0 Å². The molecule has 190 valence electrons. The molecule has 2 heterocycles. The molecule has 5 N–H and O–H groups in total. The monoisotopic (exact) mass is 489 g/mol. The molecule has 1 fully saturated rings. The Labute approximate surface area is 212 Å². The fourth-order valence-electron chi connectivity index (χ4n) is 3.81. The molecular weight excluding hydrogens is 454 g/mol. The number of morpholine rings is 1. The van der Waals surface area contributed by atoms with E-state index in [-0.39, 0.29) is 5.90 Å². The van der Waals surface area contributed by atoms with Crippen LogP contribution in [0.2, 0.25) is 0 Å². The summed E-state index contributed by atoms with van der Waals surface area (Å²) in [5, 5.41) is 29.1. The van der Waals surface area contributed by atoms with Crippen LogP contribution in [-0.4, -0.2) is 69.0 Å². The summed E-state index contributed by atoms with van der Waals surface area (Å²) < 4.78 is 10.1. The van der Waals surface area contributed by atoms with Crippen LogP contribution in [0, 0.1) is 16.2 Å². The fourth-order valence-corrected chi connectivity index (χ4v) is 3.81. The Morgan fingerprint density at radius 3 is 2.72 bits per heavy atom. The highest BCUT2D eigenvalue weighted by Gasteiger charge is 2.10. The number of allylic oxidation sites excluding steroid dienone is 5. The Balaban J connectivity index is 1.58. The van der Waals surface area contributed by atoms with Gasteiger partial charge in [-0.25, -0.2) is 0 Å². The van der Waals surface area contributed by atoms with Crippen molar-refractivity contribution in [1.29, 1.82) is 16.2 Å².